The van der Waals surface area contributed by atoms with E-state index in [1.807, 2.05) is 36.4 Å². The Morgan fingerprint density at radius 3 is 2.52 bits per heavy atom. The summed E-state index contributed by atoms with van der Waals surface area (Å²) in [5.74, 6) is -0.981. The maximum absolute atomic E-state index is 11.9. The third-order valence-electron chi connectivity index (χ3n) is 3.12. The van der Waals surface area contributed by atoms with Crippen LogP contribution in [0.1, 0.15) is 29.8 Å². The first-order valence-electron chi connectivity index (χ1n) is 6.91. The van der Waals surface area contributed by atoms with E-state index in [-0.39, 0.29) is 12.3 Å². The van der Waals surface area contributed by atoms with Crippen molar-refractivity contribution < 1.29 is 14.7 Å². The molecular formula is C16H18N2O3. The fraction of sp³-hybridized carbons (Fsp3) is 0.250. The standard InChI is InChI=1S/C16H18N2O3/c19-15(20)8-4-5-11-17-16(21)14-10-9-13(18-14)12-6-2-1-3-7-12/h1-3,6-7,9-10,18H,4-5,8,11H2,(H,17,21)(H,19,20). The maximum Gasteiger partial charge on any atom is 0.303 e. The highest BCUT2D eigenvalue weighted by molar-refractivity contribution is 5.93. The maximum atomic E-state index is 11.9. The zero-order valence-corrected chi connectivity index (χ0v) is 11.6. The van der Waals surface area contributed by atoms with E-state index in [0.29, 0.717) is 25.1 Å². The van der Waals surface area contributed by atoms with Crippen LogP contribution in [0.5, 0.6) is 0 Å². The van der Waals surface area contributed by atoms with E-state index in [0.717, 1.165) is 11.3 Å². The zero-order valence-electron chi connectivity index (χ0n) is 11.6. The first kappa shape index (κ1) is 14.8. The van der Waals surface area contributed by atoms with Gasteiger partial charge in [-0.1, -0.05) is 30.3 Å². The zero-order chi connectivity index (χ0) is 15.1. The fourth-order valence-electron chi connectivity index (χ4n) is 2.01. The van der Waals surface area contributed by atoms with Gasteiger partial charge >= 0.3 is 5.97 Å². The van der Waals surface area contributed by atoms with Crippen LogP contribution in [0.2, 0.25) is 0 Å². The number of carboxylic acids is 1. The molecule has 0 spiro atoms. The molecule has 0 fully saturated rings. The first-order chi connectivity index (χ1) is 10.2. The van der Waals surface area contributed by atoms with Crippen LogP contribution in [-0.4, -0.2) is 28.5 Å². The predicted molar refractivity (Wildman–Crippen MR) is 80.0 cm³/mol. The average molecular weight is 286 g/mol. The quantitative estimate of drug-likeness (QED) is 0.684. The van der Waals surface area contributed by atoms with E-state index in [4.69, 9.17) is 5.11 Å². The van der Waals surface area contributed by atoms with E-state index in [1.165, 1.54) is 0 Å². The highest BCUT2D eigenvalue weighted by Gasteiger charge is 2.08. The average Bonchev–Trinajstić information content (AvgIpc) is 2.97. The molecule has 21 heavy (non-hydrogen) atoms. The summed E-state index contributed by atoms with van der Waals surface area (Å²) in [6, 6.07) is 13.4. The molecule has 1 amide bonds. The molecule has 0 aliphatic rings. The number of H-pyrrole nitrogens is 1. The number of aromatic amines is 1. The van der Waals surface area contributed by atoms with Crippen molar-refractivity contribution in [3.8, 4) is 11.3 Å². The third-order valence-corrected chi connectivity index (χ3v) is 3.12. The lowest BCUT2D eigenvalue weighted by atomic mass is 10.2. The van der Waals surface area contributed by atoms with Gasteiger partial charge in [-0.15, -0.1) is 0 Å². The fourth-order valence-corrected chi connectivity index (χ4v) is 2.01. The Labute approximate surface area is 123 Å². The van der Waals surface area contributed by atoms with E-state index in [9.17, 15) is 9.59 Å². The molecule has 2 aromatic rings. The molecule has 0 aliphatic heterocycles. The summed E-state index contributed by atoms with van der Waals surface area (Å²) in [4.78, 5) is 25.4. The Morgan fingerprint density at radius 2 is 1.81 bits per heavy atom. The van der Waals surface area contributed by atoms with E-state index in [2.05, 4.69) is 10.3 Å². The summed E-state index contributed by atoms with van der Waals surface area (Å²) in [5, 5.41) is 11.3. The number of hydrogen-bond acceptors (Lipinski definition) is 2. The predicted octanol–water partition coefficient (Wildman–Crippen LogP) is 2.67. The number of carboxylic acid groups (broad SMARTS) is 1. The molecule has 1 aromatic carbocycles. The Hall–Kier alpha value is -2.56. The number of carbonyl (C=O) groups is 2. The second-order valence-corrected chi connectivity index (χ2v) is 4.76. The van der Waals surface area contributed by atoms with Crippen molar-refractivity contribution in [2.24, 2.45) is 0 Å². The van der Waals surface area contributed by atoms with Crippen molar-refractivity contribution >= 4 is 11.9 Å². The number of benzene rings is 1. The van der Waals surface area contributed by atoms with Crippen LogP contribution in [0.15, 0.2) is 42.5 Å². The second kappa shape index (κ2) is 7.28. The Morgan fingerprint density at radius 1 is 1.05 bits per heavy atom. The van der Waals surface area contributed by atoms with Crippen LogP contribution in [-0.2, 0) is 4.79 Å². The minimum atomic E-state index is -0.807. The van der Waals surface area contributed by atoms with Crippen LogP contribution in [0.25, 0.3) is 11.3 Å². The summed E-state index contributed by atoms with van der Waals surface area (Å²) in [7, 11) is 0. The molecule has 110 valence electrons. The van der Waals surface area contributed by atoms with Gasteiger partial charge in [0.1, 0.15) is 5.69 Å². The molecule has 0 atom stereocenters. The molecule has 2 rings (SSSR count). The molecule has 5 heteroatoms. The van der Waals surface area contributed by atoms with Gasteiger partial charge in [-0.3, -0.25) is 9.59 Å². The lowest BCUT2D eigenvalue weighted by Gasteiger charge is -2.03. The molecule has 0 unspecified atom stereocenters. The number of carbonyl (C=O) groups excluding carboxylic acids is 1. The van der Waals surface area contributed by atoms with Crippen LogP contribution >= 0.6 is 0 Å². The minimum absolute atomic E-state index is 0.135. The molecule has 5 nitrogen and oxygen atoms in total. The smallest absolute Gasteiger partial charge is 0.303 e. The number of nitrogens with one attached hydrogen (secondary N) is 2. The number of aliphatic carboxylic acids is 1. The van der Waals surface area contributed by atoms with Crippen LogP contribution in [0.4, 0.5) is 0 Å². The van der Waals surface area contributed by atoms with E-state index in [1.54, 1.807) is 6.07 Å². The Balaban J connectivity index is 1.84. The van der Waals surface area contributed by atoms with E-state index >= 15 is 0 Å². The number of rotatable bonds is 7. The number of amides is 1. The normalized spacial score (nSPS) is 10.3. The van der Waals surface area contributed by atoms with Crippen LogP contribution < -0.4 is 5.32 Å². The molecular weight excluding hydrogens is 268 g/mol. The van der Waals surface area contributed by atoms with Crippen molar-refractivity contribution in [2.75, 3.05) is 6.54 Å². The minimum Gasteiger partial charge on any atom is -0.481 e. The molecule has 3 N–H and O–H groups in total. The number of aromatic nitrogens is 1. The summed E-state index contributed by atoms with van der Waals surface area (Å²) < 4.78 is 0. The summed E-state index contributed by atoms with van der Waals surface area (Å²) in [6.07, 6.45) is 1.36. The lowest BCUT2D eigenvalue weighted by Crippen LogP contribution is -2.24. The van der Waals surface area contributed by atoms with Crippen molar-refractivity contribution in [1.82, 2.24) is 10.3 Å². The monoisotopic (exact) mass is 286 g/mol. The highest BCUT2D eigenvalue weighted by atomic mass is 16.4. The van der Waals surface area contributed by atoms with Gasteiger partial charge in [-0.05, 0) is 30.5 Å². The lowest BCUT2D eigenvalue weighted by molar-refractivity contribution is -0.137. The van der Waals surface area contributed by atoms with Gasteiger partial charge < -0.3 is 15.4 Å². The van der Waals surface area contributed by atoms with Crippen molar-refractivity contribution in [3.63, 3.8) is 0 Å². The molecule has 0 saturated carbocycles. The largest absolute Gasteiger partial charge is 0.481 e. The van der Waals surface area contributed by atoms with Crippen LogP contribution in [0, 0.1) is 0 Å². The summed E-state index contributed by atoms with van der Waals surface area (Å²) >= 11 is 0. The van der Waals surface area contributed by atoms with Gasteiger partial charge in [0.25, 0.3) is 5.91 Å². The highest BCUT2D eigenvalue weighted by Crippen LogP contribution is 2.17. The number of unbranched alkanes of at least 4 members (excludes halogenated alkanes) is 1. The first-order valence-corrected chi connectivity index (χ1v) is 6.91. The molecule has 0 saturated heterocycles. The van der Waals surface area contributed by atoms with Crippen molar-refractivity contribution in [2.45, 2.75) is 19.3 Å². The summed E-state index contributed by atoms with van der Waals surface area (Å²) in [5.41, 5.74) is 2.43. The number of hydrogen-bond donors (Lipinski definition) is 3. The molecule has 1 aromatic heterocycles. The molecule has 0 aliphatic carbocycles. The topological polar surface area (TPSA) is 82.2 Å². The second-order valence-electron chi connectivity index (χ2n) is 4.76. The molecule has 1 heterocycles. The van der Waals surface area contributed by atoms with Gasteiger partial charge in [0, 0.05) is 18.7 Å². The van der Waals surface area contributed by atoms with Crippen LogP contribution in [0.3, 0.4) is 0 Å². The molecule has 0 bridgehead atoms. The Kier molecular flexibility index (Phi) is 5.15. The Bertz CT molecular complexity index is 605. The van der Waals surface area contributed by atoms with Gasteiger partial charge in [-0.2, -0.15) is 0 Å². The van der Waals surface area contributed by atoms with E-state index < -0.39 is 5.97 Å². The van der Waals surface area contributed by atoms with Crippen molar-refractivity contribution in [1.29, 1.82) is 0 Å². The molecule has 0 radical (unpaired) electrons. The SMILES string of the molecule is O=C(O)CCCCNC(=O)c1ccc(-c2ccccc2)[nH]1. The van der Waals surface area contributed by atoms with Gasteiger partial charge in [-0.25, -0.2) is 0 Å². The third kappa shape index (κ3) is 4.49. The van der Waals surface area contributed by atoms with Gasteiger partial charge in [0.05, 0.1) is 0 Å². The summed E-state index contributed by atoms with van der Waals surface area (Å²) in [6.45, 7) is 0.478. The van der Waals surface area contributed by atoms with Gasteiger partial charge in [0.15, 0.2) is 0 Å². The van der Waals surface area contributed by atoms with Gasteiger partial charge in [0.2, 0.25) is 0 Å². The van der Waals surface area contributed by atoms with Crippen molar-refractivity contribution in [3.05, 3.63) is 48.2 Å².